The maximum Gasteiger partial charge on any atom is 0.244 e. The molecule has 0 radical (unpaired) electrons. The number of hydrogen-bond acceptors (Lipinski definition) is 4. The molecule has 0 bridgehead atoms. The number of sulfonamides is 1. The Morgan fingerprint density at radius 2 is 1.80 bits per heavy atom. The third-order valence-electron chi connectivity index (χ3n) is 5.40. The number of aliphatic hydroxyl groups excluding tert-OH is 1. The molecule has 2 N–H and O–H groups in total. The van der Waals surface area contributed by atoms with E-state index < -0.39 is 28.1 Å². The summed E-state index contributed by atoms with van der Waals surface area (Å²) in [5, 5.41) is 13.6. The van der Waals surface area contributed by atoms with E-state index in [1.807, 2.05) is 19.1 Å². The highest BCUT2D eigenvalue weighted by atomic mass is 35.5. The van der Waals surface area contributed by atoms with Crippen LogP contribution in [0.4, 0.5) is 0 Å². The van der Waals surface area contributed by atoms with Gasteiger partial charge in [-0.25, -0.2) is 8.42 Å². The summed E-state index contributed by atoms with van der Waals surface area (Å²) in [7, 11) is -3.81. The largest absolute Gasteiger partial charge is 0.387 e. The molecule has 2 aromatic carbocycles. The molecule has 0 aromatic heterocycles. The molecular weight excluding hydrogens is 424 g/mol. The van der Waals surface area contributed by atoms with E-state index in [0.29, 0.717) is 41.1 Å². The van der Waals surface area contributed by atoms with E-state index in [4.69, 9.17) is 11.6 Å². The first-order valence-electron chi connectivity index (χ1n) is 9.92. The highest BCUT2D eigenvalue weighted by Gasteiger charge is 2.40. The topological polar surface area (TPSA) is 86.7 Å². The summed E-state index contributed by atoms with van der Waals surface area (Å²) < 4.78 is 28.0. The van der Waals surface area contributed by atoms with Gasteiger partial charge in [-0.1, -0.05) is 41.4 Å². The van der Waals surface area contributed by atoms with Gasteiger partial charge in [-0.2, -0.15) is 4.31 Å². The summed E-state index contributed by atoms with van der Waals surface area (Å²) in [6.07, 6.45) is 0.159. The number of amides is 1. The molecule has 1 fully saturated rings. The van der Waals surface area contributed by atoms with Crippen LogP contribution in [0.15, 0.2) is 41.3 Å². The van der Waals surface area contributed by atoms with Crippen LogP contribution in [0.2, 0.25) is 5.02 Å². The van der Waals surface area contributed by atoms with Crippen LogP contribution >= 0.6 is 11.6 Å². The van der Waals surface area contributed by atoms with E-state index in [2.05, 4.69) is 5.32 Å². The Balaban J connectivity index is 1.75. The highest BCUT2D eigenvalue weighted by molar-refractivity contribution is 7.89. The number of carbonyl (C=O) groups excluding carboxylic acids is 1. The monoisotopic (exact) mass is 450 g/mol. The lowest BCUT2D eigenvalue weighted by Crippen LogP contribution is -2.47. The number of halogens is 1. The van der Waals surface area contributed by atoms with Crippen molar-refractivity contribution < 1.29 is 18.3 Å². The summed E-state index contributed by atoms with van der Waals surface area (Å²) in [5.74, 6) is -0.397. The number of hydrogen-bond donors (Lipinski definition) is 2. The van der Waals surface area contributed by atoms with Crippen LogP contribution in [0.3, 0.4) is 0 Å². The van der Waals surface area contributed by atoms with Crippen LogP contribution in [0.1, 0.15) is 41.2 Å². The zero-order valence-corrected chi connectivity index (χ0v) is 18.9. The van der Waals surface area contributed by atoms with Crippen molar-refractivity contribution in [1.29, 1.82) is 0 Å². The number of nitrogens with zero attached hydrogens (tertiary/aromatic N) is 1. The van der Waals surface area contributed by atoms with Crippen molar-refractivity contribution in [2.75, 3.05) is 13.1 Å². The lowest BCUT2D eigenvalue weighted by Gasteiger charge is -2.25. The van der Waals surface area contributed by atoms with E-state index in [0.717, 1.165) is 5.56 Å². The second kappa shape index (κ2) is 9.06. The van der Waals surface area contributed by atoms with E-state index in [9.17, 15) is 18.3 Å². The van der Waals surface area contributed by atoms with Gasteiger partial charge < -0.3 is 10.4 Å². The van der Waals surface area contributed by atoms with Gasteiger partial charge >= 0.3 is 0 Å². The zero-order valence-electron chi connectivity index (χ0n) is 17.4. The minimum atomic E-state index is -3.81. The third kappa shape index (κ3) is 4.70. The molecule has 0 saturated carbocycles. The molecule has 2 aromatic rings. The van der Waals surface area contributed by atoms with Gasteiger partial charge in [-0.05, 0) is 62.4 Å². The van der Waals surface area contributed by atoms with Crippen LogP contribution in [-0.4, -0.2) is 42.9 Å². The Morgan fingerprint density at radius 1 is 1.20 bits per heavy atom. The van der Waals surface area contributed by atoms with Crippen molar-refractivity contribution in [3.8, 4) is 0 Å². The minimum absolute atomic E-state index is 0.00651. The highest BCUT2D eigenvalue weighted by Crippen LogP contribution is 2.30. The number of aliphatic hydroxyl groups is 1. The molecular formula is C22H27ClN2O4S. The molecule has 1 aliphatic heterocycles. The molecule has 1 heterocycles. The van der Waals surface area contributed by atoms with Crippen LogP contribution in [0.5, 0.6) is 0 Å². The van der Waals surface area contributed by atoms with Gasteiger partial charge in [0.2, 0.25) is 15.9 Å². The molecule has 30 heavy (non-hydrogen) atoms. The van der Waals surface area contributed by atoms with E-state index >= 15 is 0 Å². The molecule has 3 rings (SSSR count). The molecule has 0 aliphatic carbocycles. The average Bonchev–Trinajstić information content (AvgIpc) is 3.16. The standard InChI is InChI=1S/C22H27ClN2O4S/c1-14-11-15(2)21(16(3)12-14)30(28,29)25-10-4-5-19(25)22(27)24-13-20(26)17-6-8-18(23)9-7-17/h6-9,11-12,19-20,26H,4-5,10,13H2,1-3H3,(H,24,27). The van der Waals surface area contributed by atoms with Gasteiger partial charge in [-0.15, -0.1) is 0 Å². The zero-order chi connectivity index (χ0) is 22.1. The molecule has 1 aliphatic rings. The summed E-state index contributed by atoms with van der Waals surface area (Å²) >= 11 is 5.86. The van der Waals surface area contributed by atoms with Crippen LogP contribution < -0.4 is 5.32 Å². The summed E-state index contributed by atoms with van der Waals surface area (Å²) in [6.45, 7) is 5.77. The molecule has 162 valence electrons. The second-order valence-electron chi connectivity index (χ2n) is 7.81. The lowest BCUT2D eigenvalue weighted by molar-refractivity contribution is -0.124. The van der Waals surface area contributed by atoms with Crippen LogP contribution in [0, 0.1) is 20.8 Å². The Morgan fingerprint density at radius 3 is 2.40 bits per heavy atom. The fourth-order valence-corrected chi connectivity index (χ4v) is 6.30. The van der Waals surface area contributed by atoms with Gasteiger partial charge in [-0.3, -0.25) is 4.79 Å². The number of carbonyl (C=O) groups is 1. The molecule has 1 amide bonds. The first-order chi connectivity index (χ1) is 14.1. The summed E-state index contributed by atoms with van der Waals surface area (Å²) in [4.78, 5) is 13.1. The minimum Gasteiger partial charge on any atom is -0.387 e. The second-order valence-corrected chi connectivity index (χ2v) is 10.1. The summed E-state index contributed by atoms with van der Waals surface area (Å²) in [5.41, 5.74) is 2.98. The maximum absolute atomic E-state index is 13.4. The van der Waals surface area contributed by atoms with Crippen molar-refractivity contribution in [3.63, 3.8) is 0 Å². The van der Waals surface area contributed by atoms with Crippen molar-refractivity contribution in [3.05, 3.63) is 63.7 Å². The predicted molar refractivity (Wildman–Crippen MR) is 117 cm³/mol. The smallest absolute Gasteiger partial charge is 0.244 e. The van der Waals surface area contributed by atoms with Gasteiger partial charge in [0.15, 0.2) is 0 Å². The molecule has 0 spiro atoms. The van der Waals surface area contributed by atoms with Gasteiger partial charge in [0, 0.05) is 18.1 Å². The first-order valence-corrected chi connectivity index (χ1v) is 11.7. The van der Waals surface area contributed by atoms with E-state index in [-0.39, 0.29) is 11.4 Å². The Bertz CT molecular complexity index is 1010. The van der Waals surface area contributed by atoms with Crippen LogP contribution in [-0.2, 0) is 14.8 Å². The lowest BCUT2D eigenvalue weighted by atomic mass is 10.1. The Hall–Kier alpha value is -1.93. The molecule has 6 nitrogen and oxygen atoms in total. The van der Waals surface area contributed by atoms with Crippen molar-refractivity contribution in [2.45, 2.75) is 50.7 Å². The number of benzene rings is 2. The van der Waals surface area contributed by atoms with Gasteiger partial charge in [0.1, 0.15) is 6.04 Å². The first kappa shape index (κ1) is 22.7. The van der Waals surface area contributed by atoms with Gasteiger partial charge in [0.25, 0.3) is 0 Å². The summed E-state index contributed by atoms with van der Waals surface area (Å²) in [6, 6.07) is 9.61. The SMILES string of the molecule is Cc1cc(C)c(S(=O)(=O)N2CCCC2C(=O)NCC(O)c2ccc(Cl)cc2)c(C)c1. The molecule has 2 atom stereocenters. The third-order valence-corrected chi connectivity index (χ3v) is 7.87. The predicted octanol–water partition coefficient (Wildman–Crippen LogP) is 3.27. The van der Waals surface area contributed by atoms with Crippen molar-refractivity contribution in [2.24, 2.45) is 0 Å². The van der Waals surface area contributed by atoms with E-state index in [1.54, 1.807) is 38.1 Å². The molecule has 8 heteroatoms. The number of nitrogens with one attached hydrogen (secondary N) is 1. The molecule has 1 saturated heterocycles. The Labute approximate surface area is 182 Å². The quantitative estimate of drug-likeness (QED) is 0.707. The Kier molecular flexibility index (Phi) is 6.87. The van der Waals surface area contributed by atoms with Crippen molar-refractivity contribution >= 4 is 27.5 Å². The molecule has 2 unspecified atom stereocenters. The van der Waals surface area contributed by atoms with Crippen LogP contribution in [0.25, 0.3) is 0 Å². The number of aryl methyl sites for hydroxylation is 3. The maximum atomic E-state index is 13.4. The average molecular weight is 451 g/mol. The van der Waals surface area contributed by atoms with Gasteiger partial charge in [0.05, 0.1) is 11.0 Å². The fourth-order valence-electron chi connectivity index (χ4n) is 4.10. The fraction of sp³-hybridized carbons (Fsp3) is 0.409. The van der Waals surface area contributed by atoms with E-state index in [1.165, 1.54) is 4.31 Å². The normalized spacial score (nSPS) is 18.4. The van der Waals surface area contributed by atoms with Crippen molar-refractivity contribution in [1.82, 2.24) is 9.62 Å². The number of rotatable bonds is 6.